The minimum Gasteiger partial charge on any atom is -0.481 e. The zero-order valence-electron chi connectivity index (χ0n) is 19.8. The van der Waals surface area contributed by atoms with Crippen LogP contribution in [-0.2, 0) is 0 Å². The third-order valence-corrected chi connectivity index (χ3v) is 6.73. The molecule has 9 heteroatoms. The standard InChI is InChI=1S/C23H31N7OS/c1-14-24-13-19(32-14)16-8-9-17(26-20(16)31-7)18-12-25-21(28-27-18)30(6)15-10-22(2,3)29-23(4,5)11-15/h8-9,12-13,15,29H,10-11H2,1-7H3. The van der Waals surface area contributed by atoms with Crippen LogP contribution >= 0.6 is 11.3 Å². The number of pyridine rings is 1. The zero-order chi connectivity index (χ0) is 23.1. The van der Waals surface area contributed by atoms with Gasteiger partial charge < -0.3 is 15.0 Å². The predicted molar refractivity (Wildman–Crippen MR) is 128 cm³/mol. The highest BCUT2D eigenvalue weighted by molar-refractivity contribution is 7.15. The monoisotopic (exact) mass is 453 g/mol. The van der Waals surface area contributed by atoms with Gasteiger partial charge in [0.2, 0.25) is 11.8 Å². The van der Waals surface area contributed by atoms with Gasteiger partial charge in [-0.15, -0.1) is 21.5 Å². The van der Waals surface area contributed by atoms with Crippen molar-refractivity contribution in [1.29, 1.82) is 0 Å². The van der Waals surface area contributed by atoms with Crippen LogP contribution in [0.4, 0.5) is 5.95 Å². The normalized spacial score (nSPS) is 17.8. The molecule has 170 valence electrons. The van der Waals surface area contributed by atoms with E-state index in [0.29, 0.717) is 29.3 Å². The summed E-state index contributed by atoms with van der Waals surface area (Å²) < 4.78 is 5.54. The zero-order valence-corrected chi connectivity index (χ0v) is 20.6. The first-order valence-electron chi connectivity index (χ1n) is 10.8. The number of ether oxygens (including phenoxy) is 1. The molecule has 0 spiro atoms. The smallest absolute Gasteiger partial charge is 0.245 e. The van der Waals surface area contributed by atoms with Gasteiger partial charge in [-0.3, -0.25) is 0 Å². The van der Waals surface area contributed by atoms with E-state index in [1.54, 1.807) is 24.6 Å². The Kier molecular flexibility index (Phi) is 5.89. The number of nitrogens with zero attached hydrogens (tertiary/aromatic N) is 6. The topological polar surface area (TPSA) is 89.0 Å². The van der Waals surface area contributed by atoms with Gasteiger partial charge in [0.1, 0.15) is 5.69 Å². The Balaban J connectivity index is 1.56. The lowest BCUT2D eigenvalue weighted by atomic mass is 9.79. The summed E-state index contributed by atoms with van der Waals surface area (Å²) in [5.41, 5.74) is 2.29. The Bertz CT molecular complexity index is 1080. The molecule has 1 saturated heterocycles. The molecule has 0 unspecified atom stereocenters. The maximum Gasteiger partial charge on any atom is 0.245 e. The van der Waals surface area contributed by atoms with Crippen molar-refractivity contribution in [3.8, 4) is 27.7 Å². The third-order valence-electron chi connectivity index (χ3n) is 5.78. The van der Waals surface area contributed by atoms with E-state index in [2.05, 4.69) is 63.1 Å². The summed E-state index contributed by atoms with van der Waals surface area (Å²) in [6.45, 7) is 11.0. The Labute approximate surface area is 193 Å². The fraction of sp³-hybridized carbons (Fsp3) is 0.522. The van der Waals surface area contributed by atoms with Gasteiger partial charge >= 0.3 is 0 Å². The molecular weight excluding hydrogens is 422 g/mol. The minimum atomic E-state index is 0.0485. The first-order valence-corrected chi connectivity index (χ1v) is 11.6. The molecule has 0 atom stereocenters. The van der Waals surface area contributed by atoms with Gasteiger partial charge in [0, 0.05) is 30.4 Å². The number of anilines is 1. The van der Waals surface area contributed by atoms with Crippen molar-refractivity contribution in [2.24, 2.45) is 0 Å². The van der Waals surface area contributed by atoms with E-state index in [0.717, 1.165) is 28.3 Å². The number of hydrogen-bond donors (Lipinski definition) is 1. The molecule has 0 bridgehead atoms. The maximum atomic E-state index is 5.54. The van der Waals surface area contributed by atoms with Crippen molar-refractivity contribution in [2.75, 3.05) is 19.1 Å². The molecule has 8 nitrogen and oxygen atoms in total. The van der Waals surface area contributed by atoms with Crippen molar-refractivity contribution in [1.82, 2.24) is 30.5 Å². The minimum absolute atomic E-state index is 0.0485. The summed E-state index contributed by atoms with van der Waals surface area (Å²) in [7, 11) is 3.67. The summed E-state index contributed by atoms with van der Waals surface area (Å²) in [6.07, 6.45) is 5.59. The fourth-order valence-electron chi connectivity index (χ4n) is 4.67. The van der Waals surface area contributed by atoms with Crippen molar-refractivity contribution in [2.45, 2.75) is 64.6 Å². The number of piperidine rings is 1. The van der Waals surface area contributed by atoms with Crippen LogP contribution in [0, 0.1) is 6.92 Å². The highest BCUT2D eigenvalue weighted by Gasteiger charge is 2.39. The van der Waals surface area contributed by atoms with Gasteiger partial charge in [-0.1, -0.05) is 0 Å². The van der Waals surface area contributed by atoms with E-state index in [-0.39, 0.29) is 11.1 Å². The van der Waals surface area contributed by atoms with Crippen LogP contribution in [0.3, 0.4) is 0 Å². The number of rotatable bonds is 5. The molecule has 1 aliphatic rings. The van der Waals surface area contributed by atoms with Gasteiger partial charge in [0.05, 0.1) is 34.4 Å². The second-order valence-corrected chi connectivity index (χ2v) is 10.9. The van der Waals surface area contributed by atoms with Crippen LogP contribution in [-0.4, -0.2) is 56.4 Å². The van der Waals surface area contributed by atoms with Gasteiger partial charge in [0.15, 0.2) is 0 Å². The van der Waals surface area contributed by atoms with Crippen LogP contribution in [0.5, 0.6) is 5.88 Å². The number of aromatic nitrogens is 5. The van der Waals surface area contributed by atoms with Crippen LogP contribution in [0.2, 0.25) is 0 Å². The van der Waals surface area contributed by atoms with Crippen LogP contribution in [0.1, 0.15) is 45.5 Å². The molecule has 0 radical (unpaired) electrons. The van der Waals surface area contributed by atoms with Crippen molar-refractivity contribution in [3.05, 3.63) is 29.5 Å². The molecule has 0 amide bonds. The van der Waals surface area contributed by atoms with E-state index in [1.165, 1.54) is 0 Å². The fourth-order valence-corrected chi connectivity index (χ4v) is 5.46. The molecule has 0 aromatic carbocycles. The van der Waals surface area contributed by atoms with Gasteiger partial charge in [0.25, 0.3) is 0 Å². The van der Waals surface area contributed by atoms with E-state index < -0.39 is 0 Å². The highest BCUT2D eigenvalue weighted by Crippen LogP contribution is 2.34. The first-order chi connectivity index (χ1) is 15.1. The second-order valence-electron chi connectivity index (χ2n) is 9.71. The molecule has 3 aromatic rings. The molecular formula is C23H31N7OS. The van der Waals surface area contributed by atoms with Crippen LogP contribution in [0.25, 0.3) is 21.8 Å². The maximum absolute atomic E-state index is 5.54. The van der Waals surface area contributed by atoms with Gasteiger partial charge in [-0.25, -0.2) is 15.0 Å². The lowest BCUT2D eigenvalue weighted by Gasteiger charge is -2.48. The average Bonchev–Trinajstić information content (AvgIpc) is 3.16. The number of thiazole rings is 1. The van der Waals surface area contributed by atoms with Crippen molar-refractivity contribution in [3.63, 3.8) is 0 Å². The lowest BCUT2D eigenvalue weighted by Crippen LogP contribution is -2.62. The quantitative estimate of drug-likeness (QED) is 0.617. The number of methoxy groups -OCH3 is 1. The van der Waals surface area contributed by atoms with E-state index in [9.17, 15) is 0 Å². The molecule has 0 aliphatic carbocycles. The Morgan fingerprint density at radius 1 is 1.03 bits per heavy atom. The number of hydrogen-bond acceptors (Lipinski definition) is 9. The molecule has 4 rings (SSSR count). The SMILES string of the molecule is COc1nc(-c2cnc(N(C)C3CC(C)(C)NC(C)(C)C3)nn2)ccc1-c1cnc(C)s1. The summed E-state index contributed by atoms with van der Waals surface area (Å²) >= 11 is 1.61. The summed E-state index contributed by atoms with van der Waals surface area (Å²) in [6, 6.07) is 4.23. The molecule has 0 saturated carbocycles. The predicted octanol–water partition coefficient (Wildman–Crippen LogP) is 4.12. The number of aryl methyl sites for hydroxylation is 1. The number of nitrogens with one attached hydrogen (secondary N) is 1. The first kappa shape index (κ1) is 22.5. The van der Waals surface area contributed by atoms with E-state index >= 15 is 0 Å². The van der Waals surface area contributed by atoms with Gasteiger partial charge in [-0.05, 0) is 59.6 Å². The van der Waals surface area contributed by atoms with Crippen LogP contribution in [0.15, 0.2) is 24.5 Å². The Morgan fingerprint density at radius 2 is 1.75 bits per heavy atom. The van der Waals surface area contributed by atoms with E-state index in [4.69, 9.17) is 4.74 Å². The molecule has 1 N–H and O–H groups in total. The van der Waals surface area contributed by atoms with E-state index in [1.807, 2.05) is 32.3 Å². The van der Waals surface area contributed by atoms with Crippen LogP contribution < -0.4 is 15.0 Å². The van der Waals surface area contributed by atoms with Gasteiger partial charge in [-0.2, -0.15) is 0 Å². The second kappa shape index (κ2) is 8.37. The highest BCUT2D eigenvalue weighted by atomic mass is 32.1. The molecule has 4 heterocycles. The van der Waals surface area contributed by atoms with Crippen molar-refractivity contribution < 1.29 is 4.74 Å². The summed E-state index contributed by atoms with van der Waals surface area (Å²) in [4.78, 5) is 16.7. The summed E-state index contributed by atoms with van der Waals surface area (Å²) in [5, 5.41) is 13.6. The lowest BCUT2D eigenvalue weighted by molar-refractivity contribution is 0.160. The molecule has 32 heavy (non-hydrogen) atoms. The van der Waals surface area contributed by atoms with Crippen molar-refractivity contribution >= 4 is 17.3 Å². The molecule has 1 fully saturated rings. The molecule has 1 aliphatic heterocycles. The Hall–Kier alpha value is -2.65. The largest absolute Gasteiger partial charge is 0.481 e. The Morgan fingerprint density at radius 3 is 2.31 bits per heavy atom. The average molecular weight is 454 g/mol. The molecule has 3 aromatic heterocycles. The summed E-state index contributed by atoms with van der Waals surface area (Å²) in [5.74, 6) is 1.16. The third kappa shape index (κ3) is 4.73.